The van der Waals surface area contributed by atoms with Crippen molar-refractivity contribution in [3.8, 4) is 0 Å². The number of anilines is 1. The molecule has 136 valence electrons. The van der Waals surface area contributed by atoms with Gasteiger partial charge in [-0.3, -0.25) is 4.79 Å². The van der Waals surface area contributed by atoms with Gasteiger partial charge >= 0.3 is 0 Å². The summed E-state index contributed by atoms with van der Waals surface area (Å²) in [6.07, 6.45) is 4.88. The maximum absolute atomic E-state index is 13.2. The van der Waals surface area contributed by atoms with Crippen LogP contribution in [0.25, 0.3) is 10.9 Å². The molecule has 3 heterocycles. The van der Waals surface area contributed by atoms with E-state index in [-0.39, 0.29) is 17.1 Å². The Labute approximate surface area is 169 Å². The van der Waals surface area contributed by atoms with Crippen LogP contribution in [0.3, 0.4) is 0 Å². The van der Waals surface area contributed by atoms with E-state index in [4.69, 9.17) is 0 Å². The molecule has 1 N–H and O–H groups in total. The number of rotatable bonds is 1. The highest BCUT2D eigenvalue weighted by Gasteiger charge is 2.41. The van der Waals surface area contributed by atoms with Crippen molar-refractivity contribution in [2.24, 2.45) is 5.41 Å². The minimum Gasteiger partial charge on any atom is -0.358 e. The molecule has 1 aromatic carbocycles. The molecule has 2 aliphatic rings. The lowest BCUT2D eigenvalue weighted by Crippen LogP contribution is -2.33. The van der Waals surface area contributed by atoms with Crippen LogP contribution in [0.15, 0.2) is 51.8 Å². The fourth-order valence-electron chi connectivity index (χ4n) is 4.35. The Morgan fingerprint density at radius 2 is 2.07 bits per heavy atom. The molecule has 1 atom stereocenters. The zero-order chi connectivity index (χ0) is 18.8. The predicted molar refractivity (Wildman–Crippen MR) is 112 cm³/mol. The van der Waals surface area contributed by atoms with E-state index in [0.29, 0.717) is 6.42 Å². The summed E-state index contributed by atoms with van der Waals surface area (Å²) in [4.78, 5) is 23.1. The topological polar surface area (TPSA) is 54.9 Å². The number of nitrogens with zero attached hydrogens (tertiary/aromatic N) is 2. The first-order valence-electron chi connectivity index (χ1n) is 8.94. The standard InChI is InChI=1S/C21H18BrN3OS/c1-21(2)7-14-19(15(26)8-21)20(16-5-6-17(22)27-16)18-11-9-23-10-24-12(11)3-4-13(18)25-14/h3-6,9-10,20,25H,7-8H2,1-2H3. The van der Waals surface area contributed by atoms with Gasteiger partial charge < -0.3 is 5.32 Å². The van der Waals surface area contributed by atoms with Crippen molar-refractivity contribution in [1.82, 2.24) is 9.97 Å². The second kappa shape index (κ2) is 5.97. The highest BCUT2D eigenvalue weighted by Crippen LogP contribution is 2.51. The molecule has 1 aliphatic heterocycles. The van der Waals surface area contributed by atoms with Gasteiger partial charge in [-0.1, -0.05) is 13.8 Å². The maximum Gasteiger partial charge on any atom is 0.162 e. The summed E-state index contributed by atoms with van der Waals surface area (Å²) >= 11 is 5.27. The van der Waals surface area contributed by atoms with Gasteiger partial charge in [-0.25, -0.2) is 9.97 Å². The van der Waals surface area contributed by atoms with Gasteiger partial charge in [-0.2, -0.15) is 0 Å². The third-order valence-corrected chi connectivity index (χ3v) is 7.08. The number of halogens is 1. The van der Waals surface area contributed by atoms with Crippen LogP contribution in [0.4, 0.5) is 5.69 Å². The Hall–Kier alpha value is -2.05. The van der Waals surface area contributed by atoms with Gasteiger partial charge in [0.15, 0.2) is 5.78 Å². The number of Topliss-reactive ketones (excluding diaryl/α,β-unsaturated/α-hetero) is 1. The van der Waals surface area contributed by atoms with Crippen LogP contribution in [0.1, 0.15) is 43.0 Å². The molecule has 3 aromatic rings. The number of benzene rings is 1. The molecule has 1 aliphatic carbocycles. The highest BCUT2D eigenvalue weighted by molar-refractivity contribution is 9.11. The number of hydrogen-bond donors (Lipinski definition) is 1. The second-order valence-corrected chi connectivity index (χ2v) is 10.5. The number of fused-ring (bicyclic) bond motifs is 3. The predicted octanol–water partition coefficient (Wildman–Crippen LogP) is 5.65. The summed E-state index contributed by atoms with van der Waals surface area (Å²) in [5.41, 5.74) is 5.01. The van der Waals surface area contributed by atoms with Crippen molar-refractivity contribution in [3.05, 3.63) is 62.3 Å². The summed E-state index contributed by atoms with van der Waals surface area (Å²) in [5.74, 6) is 0.161. The summed E-state index contributed by atoms with van der Waals surface area (Å²) in [7, 11) is 0. The summed E-state index contributed by atoms with van der Waals surface area (Å²) in [6, 6.07) is 8.28. The molecule has 0 radical (unpaired) electrons. The highest BCUT2D eigenvalue weighted by atomic mass is 79.9. The summed E-state index contributed by atoms with van der Waals surface area (Å²) in [6.45, 7) is 4.33. The van der Waals surface area contributed by atoms with Crippen molar-refractivity contribution < 1.29 is 4.79 Å². The lowest BCUT2D eigenvalue weighted by atomic mass is 9.69. The van der Waals surface area contributed by atoms with Crippen molar-refractivity contribution in [3.63, 3.8) is 0 Å². The fourth-order valence-corrected chi connectivity index (χ4v) is 5.90. The van der Waals surface area contributed by atoms with E-state index in [1.807, 2.05) is 12.3 Å². The number of allylic oxidation sites excluding steroid dienone is 2. The third kappa shape index (κ3) is 2.74. The molecule has 27 heavy (non-hydrogen) atoms. The molecule has 4 nitrogen and oxygen atoms in total. The molecule has 2 aromatic heterocycles. The minimum atomic E-state index is -0.0779. The third-order valence-electron chi connectivity index (χ3n) is 5.39. The fraction of sp³-hybridized carbons (Fsp3) is 0.286. The first-order chi connectivity index (χ1) is 12.9. The minimum absolute atomic E-state index is 0.0268. The van der Waals surface area contributed by atoms with Gasteiger partial charge in [0, 0.05) is 39.8 Å². The van der Waals surface area contributed by atoms with E-state index in [1.165, 1.54) is 4.88 Å². The van der Waals surface area contributed by atoms with Crippen LogP contribution < -0.4 is 5.32 Å². The Morgan fingerprint density at radius 3 is 2.85 bits per heavy atom. The molecule has 0 bridgehead atoms. The van der Waals surface area contributed by atoms with E-state index >= 15 is 0 Å². The molecule has 6 heteroatoms. The van der Waals surface area contributed by atoms with Gasteiger partial charge in [0.05, 0.1) is 15.2 Å². The maximum atomic E-state index is 13.2. The monoisotopic (exact) mass is 439 g/mol. The molecule has 0 amide bonds. The average molecular weight is 440 g/mol. The van der Waals surface area contributed by atoms with Crippen LogP contribution in [-0.2, 0) is 4.79 Å². The van der Waals surface area contributed by atoms with Gasteiger partial charge in [0.1, 0.15) is 6.33 Å². The number of hydrogen-bond acceptors (Lipinski definition) is 5. The molecule has 5 rings (SSSR count). The quantitative estimate of drug-likeness (QED) is 0.531. The number of ketones is 1. The summed E-state index contributed by atoms with van der Waals surface area (Å²) < 4.78 is 1.07. The van der Waals surface area contributed by atoms with Gasteiger partial charge in [0.2, 0.25) is 0 Å². The lowest BCUT2D eigenvalue weighted by molar-refractivity contribution is -0.118. The lowest BCUT2D eigenvalue weighted by Gasteiger charge is -2.39. The van der Waals surface area contributed by atoms with Crippen LogP contribution in [0, 0.1) is 5.41 Å². The average Bonchev–Trinajstić information content (AvgIpc) is 3.04. The number of carbonyl (C=O) groups is 1. The number of thiophene rings is 1. The molecule has 0 spiro atoms. The van der Waals surface area contributed by atoms with E-state index in [2.05, 4.69) is 63.3 Å². The summed E-state index contributed by atoms with van der Waals surface area (Å²) in [5, 5.41) is 4.58. The SMILES string of the molecule is CC1(C)CC(=O)C2=C(C1)Nc1ccc3ncncc3c1C2c1ccc(Br)s1. The van der Waals surface area contributed by atoms with Crippen LogP contribution in [-0.4, -0.2) is 15.8 Å². The molecule has 0 saturated carbocycles. The Balaban J connectivity index is 1.82. The first-order valence-corrected chi connectivity index (χ1v) is 10.5. The molecule has 0 fully saturated rings. The van der Waals surface area contributed by atoms with E-state index in [9.17, 15) is 4.79 Å². The Kier molecular flexibility index (Phi) is 3.78. The van der Waals surface area contributed by atoms with Crippen molar-refractivity contribution >= 4 is 49.6 Å². The molecular formula is C21H18BrN3OS. The van der Waals surface area contributed by atoms with Crippen LogP contribution >= 0.6 is 27.3 Å². The second-order valence-electron chi connectivity index (χ2n) is 8.02. The van der Waals surface area contributed by atoms with E-state index in [0.717, 1.165) is 43.6 Å². The zero-order valence-electron chi connectivity index (χ0n) is 15.0. The van der Waals surface area contributed by atoms with Crippen molar-refractivity contribution in [1.29, 1.82) is 0 Å². The largest absolute Gasteiger partial charge is 0.358 e. The van der Waals surface area contributed by atoms with Crippen LogP contribution in [0.5, 0.6) is 0 Å². The van der Waals surface area contributed by atoms with Crippen LogP contribution in [0.2, 0.25) is 0 Å². The number of nitrogens with one attached hydrogen (secondary N) is 1. The molecular weight excluding hydrogens is 422 g/mol. The number of carbonyl (C=O) groups excluding carboxylic acids is 1. The van der Waals surface area contributed by atoms with Crippen molar-refractivity contribution in [2.75, 3.05) is 5.32 Å². The first kappa shape index (κ1) is 17.1. The molecule has 0 saturated heterocycles. The number of aromatic nitrogens is 2. The zero-order valence-corrected chi connectivity index (χ0v) is 17.4. The molecule has 1 unspecified atom stereocenters. The normalized spacial score (nSPS) is 21.0. The van der Waals surface area contributed by atoms with Gasteiger partial charge in [0.25, 0.3) is 0 Å². The smallest absolute Gasteiger partial charge is 0.162 e. The van der Waals surface area contributed by atoms with E-state index in [1.54, 1.807) is 17.7 Å². The Bertz CT molecular complexity index is 1130. The van der Waals surface area contributed by atoms with Crippen molar-refractivity contribution in [2.45, 2.75) is 32.6 Å². The van der Waals surface area contributed by atoms with E-state index < -0.39 is 0 Å². The van der Waals surface area contributed by atoms with Gasteiger partial charge in [-0.05, 0) is 57.6 Å². The van der Waals surface area contributed by atoms with Gasteiger partial charge in [-0.15, -0.1) is 11.3 Å². The Morgan fingerprint density at radius 1 is 1.22 bits per heavy atom.